The lowest BCUT2D eigenvalue weighted by molar-refractivity contribution is 0.531. The summed E-state index contributed by atoms with van der Waals surface area (Å²) < 4.78 is 11.3. The molecule has 0 spiro atoms. The normalized spacial score (nSPS) is 11.8. The standard InChI is InChI=1S/C20H42OP/c1-3-5-6-7-8-9-10-11-12-13-14-15-16-17-18-19-20-22(21)4-2/h3-20H2,1-2H3/q+1. The van der Waals surface area contributed by atoms with E-state index in [0.717, 1.165) is 12.3 Å². The lowest BCUT2D eigenvalue weighted by Crippen LogP contribution is -1.85. The minimum atomic E-state index is -0.871. The fourth-order valence-corrected chi connectivity index (χ4v) is 3.89. The van der Waals surface area contributed by atoms with Crippen molar-refractivity contribution < 1.29 is 4.57 Å². The summed E-state index contributed by atoms with van der Waals surface area (Å²) in [7, 11) is -0.871. The fraction of sp³-hybridized carbons (Fsp3) is 1.00. The van der Waals surface area contributed by atoms with Crippen molar-refractivity contribution >= 4 is 7.80 Å². The highest BCUT2D eigenvalue weighted by atomic mass is 31.1. The summed E-state index contributed by atoms with van der Waals surface area (Å²) in [6.07, 6.45) is 24.3. The van der Waals surface area contributed by atoms with E-state index < -0.39 is 7.80 Å². The second-order valence-electron chi connectivity index (χ2n) is 6.82. The molecule has 0 aromatic carbocycles. The van der Waals surface area contributed by atoms with Crippen LogP contribution in [0.1, 0.15) is 117 Å². The summed E-state index contributed by atoms with van der Waals surface area (Å²) in [5, 5.41) is 0. The second kappa shape index (κ2) is 19.1. The maximum atomic E-state index is 11.3. The van der Waals surface area contributed by atoms with Crippen molar-refractivity contribution in [2.24, 2.45) is 0 Å². The Morgan fingerprint density at radius 3 is 1.14 bits per heavy atom. The highest BCUT2D eigenvalue weighted by Crippen LogP contribution is 2.22. The molecule has 132 valence electrons. The molecule has 0 N–H and O–H groups in total. The third-order valence-corrected chi connectivity index (χ3v) is 6.13. The summed E-state index contributed by atoms with van der Waals surface area (Å²) >= 11 is 0. The van der Waals surface area contributed by atoms with E-state index in [2.05, 4.69) is 6.92 Å². The fourth-order valence-electron chi connectivity index (χ4n) is 2.99. The second-order valence-corrected chi connectivity index (χ2v) is 8.87. The van der Waals surface area contributed by atoms with Crippen LogP contribution in [0.2, 0.25) is 0 Å². The Morgan fingerprint density at radius 1 is 0.500 bits per heavy atom. The van der Waals surface area contributed by atoms with Gasteiger partial charge in [-0.2, -0.15) is 0 Å². The van der Waals surface area contributed by atoms with E-state index in [4.69, 9.17) is 0 Å². The van der Waals surface area contributed by atoms with E-state index in [1.54, 1.807) is 0 Å². The van der Waals surface area contributed by atoms with Crippen molar-refractivity contribution in [1.29, 1.82) is 0 Å². The van der Waals surface area contributed by atoms with Crippen LogP contribution in [-0.2, 0) is 4.57 Å². The molecule has 1 nitrogen and oxygen atoms in total. The van der Waals surface area contributed by atoms with Crippen LogP contribution >= 0.6 is 7.80 Å². The molecule has 0 aromatic rings. The zero-order valence-corrected chi connectivity index (χ0v) is 16.5. The zero-order chi connectivity index (χ0) is 16.3. The van der Waals surface area contributed by atoms with Crippen LogP contribution in [0.3, 0.4) is 0 Å². The van der Waals surface area contributed by atoms with Crippen LogP contribution in [0.5, 0.6) is 0 Å². The van der Waals surface area contributed by atoms with E-state index in [1.165, 1.54) is 103 Å². The molecule has 22 heavy (non-hydrogen) atoms. The van der Waals surface area contributed by atoms with Crippen molar-refractivity contribution in [3.05, 3.63) is 0 Å². The summed E-state index contributed by atoms with van der Waals surface area (Å²) in [6, 6.07) is 0. The average Bonchev–Trinajstić information content (AvgIpc) is 2.54. The molecule has 1 atom stereocenters. The number of hydrogen-bond donors (Lipinski definition) is 0. The largest absolute Gasteiger partial charge is 0.338 e. The van der Waals surface area contributed by atoms with Crippen LogP contribution in [-0.4, -0.2) is 12.3 Å². The van der Waals surface area contributed by atoms with Gasteiger partial charge in [-0.15, -0.1) is 0 Å². The molecule has 0 radical (unpaired) electrons. The molecular weight excluding hydrogens is 287 g/mol. The van der Waals surface area contributed by atoms with E-state index in [-0.39, 0.29) is 0 Å². The quantitative estimate of drug-likeness (QED) is 0.183. The minimum Gasteiger partial charge on any atom is -0.0749 e. The summed E-state index contributed by atoms with van der Waals surface area (Å²) in [6.45, 7) is 4.32. The summed E-state index contributed by atoms with van der Waals surface area (Å²) in [5.74, 6) is 0. The zero-order valence-electron chi connectivity index (χ0n) is 15.6. The summed E-state index contributed by atoms with van der Waals surface area (Å²) in [4.78, 5) is 0. The molecular formula is C20H42OP+. The molecule has 0 aliphatic heterocycles. The summed E-state index contributed by atoms with van der Waals surface area (Å²) in [5.41, 5.74) is 0. The number of rotatable bonds is 18. The van der Waals surface area contributed by atoms with Gasteiger partial charge in [-0.1, -0.05) is 101 Å². The van der Waals surface area contributed by atoms with Gasteiger partial charge >= 0.3 is 7.80 Å². The van der Waals surface area contributed by atoms with E-state index in [1.807, 2.05) is 6.92 Å². The van der Waals surface area contributed by atoms with Crippen molar-refractivity contribution in [3.63, 3.8) is 0 Å². The topological polar surface area (TPSA) is 17.1 Å². The Morgan fingerprint density at radius 2 is 0.818 bits per heavy atom. The third kappa shape index (κ3) is 18.1. The van der Waals surface area contributed by atoms with Gasteiger partial charge in [-0.25, -0.2) is 0 Å². The minimum absolute atomic E-state index is 0.869. The molecule has 0 heterocycles. The lowest BCUT2D eigenvalue weighted by Gasteiger charge is -2.03. The molecule has 0 rings (SSSR count). The third-order valence-electron chi connectivity index (χ3n) is 4.61. The monoisotopic (exact) mass is 329 g/mol. The molecule has 0 aliphatic carbocycles. The molecule has 0 saturated heterocycles. The smallest absolute Gasteiger partial charge is 0.0749 e. The van der Waals surface area contributed by atoms with Gasteiger partial charge in [0.25, 0.3) is 0 Å². The lowest BCUT2D eigenvalue weighted by atomic mass is 10.0. The van der Waals surface area contributed by atoms with Crippen molar-refractivity contribution in [3.8, 4) is 0 Å². The van der Waals surface area contributed by atoms with Crippen LogP contribution < -0.4 is 0 Å². The molecule has 0 amide bonds. The van der Waals surface area contributed by atoms with Gasteiger partial charge < -0.3 is 0 Å². The molecule has 2 heteroatoms. The van der Waals surface area contributed by atoms with Gasteiger partial charge in [0.1, 0.15) is 12.3 Å². The van der Waals surface area contributed by atoms with Crippen molar-refractivity contribution in [1.82, 2.24) is 0 Å². The van der Waals surface area contributed by atoms with E-state index >= 15 is 0 Å². The van der Waals surface area contributed by atoms with Gasteiger partial charge in [-0.05, 0) is 19.8 Å². The van der Waals surface area contributed by atoms with E-state index in [9.17, 15) is 4.57 Å². The first-order valence-corrected chi connectivity index (χ1v) is 11.9. The Kier molecular flexibility index (Phi) is 19.2. The van der Waals surface area contributed by atoms with E-state index in [0.29, 0.717) is 0 Å². The Bertz CT molecular complexity index is 228. The number of unbranched alkanes of at least 4 members (excludes halogenated alkanes) is 15. The first kappa shape index (κ1) is 22.1. The molecule has 1 unspecified atom stereocenters. The van der Waals surface area contributed by atoms with Crippen molar-refractivity contribution in [2.45, 2.75) is 117 Å². The number of hydrogen-bond acceptors (Lipinski definition) is 1. The SMILES string of the molecule is CCCCCCCCCCCCCCCCCC[P+](=O)CC. The maximum Gasteiger partial charge on any atom is 0.338 e. The van der Waals surface area contributed by atoms with Crippen LogP contribution in [0.25, 0.3) is 0 Å². The molecule has 0 aliphatic rings. The van der Waals surface area contributed by atoms with Gasteiger partial charge in [0, 0.05) is 0 Å². The maximum absolute atomic E-state index is 11.3. The highest BCUT2D eigenvalue weighted by Gasteiger charge is 2.09. The predicted octanol–water partition coefficient (Wildman–Crippen LogP) is 8.10. The Labute approximate surface area is 141 Å². The van der Waals surface area contributed by atoms with Crippen LogP contribution in [0.4, 0.5) is 0 Å². The first-order valence-electron chi connectivity index (χ1n) is 10.2. The molecule has 0 bridgehead atoms. The first-order chi connectivity index (χ1) is 10.8. The van der Waals surface area contributed by atoms with Crippen LogP contribution in [0.15, 0.2) is 0 Å². The van der Waals surface area contributed by atoms with Gasteiger partial charge in [-0.3, -0.25) is 0 Å². The van der Waals surface area contributed by atoms with Gasteiger partial charge in [0.15, 0.2) is 0 Å². The molecule has 0 saturated carbocycles. The molecule has 0 aromatic heterocycles. The van der Waals surface area contributed by atoms with Gasteiger partial charge in [0.2, 0.25) is 0 Å². The highest BCUT2D eigenvalue weighted by molar-refractivity contribution is 7.44. The Hall–Kier alpha value is 0.100. The predicted molar refractivity (Wildman–Crippen MR) is 103 cm³/mol. The average molecular weight is 330 g/mol. The molecule has 0 fully saturated rings. The van der Waals surface area contributed by atoms with Crippen molar-refractivity contribution in [2.75, 3.05) is 12.3 Å². The van der Waals surface area contributed by atoms with Crippen LogP contribution in [0, 0.1) is 0 Å². The Balaban J connectivity index is 2.98. The van der Waals surface area contributed by atoms with Gasteiger partial charge in [0.05, 0.1) is 0 Å².